The van der Waals surface area contributed by atoms with Crippen LogP contribution in [0.1, 0.15) is 25.7 Å². The molecule has 2 aromatic heterocycles. The standard InChI is InChI=1S/C30H31N5O3/c1-2-25(36)34-23-18-21(12-13-24(23)35-14-16-37-17-15-35)26-27-29(33-22-10-6-7-11-22)31-19-32-30(27)38-28(26)20-8-4-3-5-9-20/h2-5,8-9,12-13,18-19,22H,1,6-7,10-11,14-17H2,(H,34,36)(H,31,32,33). The summed E-state index contributed by atoms with van der Waals surface area (Å²) in [6.45, 7) is 6.44. The number of aromatic nitrogens is 2. The summed E-state index contributed by atoms with van der Waals surface area (Å²) in [5.74, 6) is 1.23. The monoisotopic (exact) mass is 509 g/mol. The number of nitrogens with one attached hydrogen (secondary N) is 2. The van der Waals surface area contributed by atoms with Crippen molar-refractivity contribution >= 4 is 34.2 Å². The molecule has 4 aromatic rings. The summed E-state index contributed by atoms with van der Waals surface area (Å²) in [4.78, 5) is 23.8. The number of carbonyl (C=O) groups excluding carboxylic acids is 1. The number of nitrogens with zero attached hydrogens (tertiary/aromatic N) is 3. The van der Waals surface area contributed by atoms with Gasteiger partial charge in [0.2, 0.25) is 11.6 Å². The van der Waals surface area contributed by atoms with E-state index in [1.165, 1.54) is 18.9 Å². The first-order chi connectivity index (χ1) is 18.7. The summed E-state index contributed by atoms with van der Waals surface area (Å²) in [7, 11) is 0. The van der Waals surface area contributed by atoms with Crippen LogP contribution >= 0.6 is 0 Å². The van der Waals surface area contributed by atoms with E-state index in [-0.39, 0.29) is 5.91 Å². The second-order valence-electron chi connectivity index (χ2n) is 9.73. The second-order valence-corrected chi connectivity index (χ2v) is 9.73. The molecular weight excluding hydrogens is 478 g/mol. The first-order valence-corrected chi connectivity index (χ1v) is 13.2. The van der Waals surface area contributed by atoms with Crippen LogP contribution in [0, 0.1) is 0 Å². The first kappa shape index (κ1) is 24.2. The lowest BCUT2D eigenvalue weighted by molar-refractivity contribution is -0.111. The van der Waals surface area contributed by atoms with Crippen LogP contribution in [0.15, 0.2) is 71.9 Å². The Balaban J connectivity index is 1.54. The highest BCUT2D eigenvalue weighted by Gasteiger charge is 2.25. The first-order valence-electron chi connectivity index (χ1n) is 13.2. The van der Waals surface area contributed by atoms with Gasteiger partial charge < -0.3 is 24.7 Å². The number of hydrogen-bond donors (Lipinski definition) is 2. The van der Waals surface area contributed by atoms with Gasteiger partial charge in [0, 0.05) is 30.3 Å². The van der Waals surface area contributed by atoms with Crippen LogP contribution in [0.4, 0.5) is 17.2 Å². The number of morpholine rings is 1. The lowest BCUT2D eigenvalue weighted by Gasteiger charge is -2.30. The predicted molar refractivity (Wildman–Crippen MR) is 150 cm³/mol. The SMILES string of the molecule is C=CC(=O)Nc1cc(-c2c(-c3ccccc3)oc3ncnc(NC4CCCC4)c23)ccc1N1CCOCC1. The van der Waals surface area contributed by atoms with Crippen molar-refractivity contribution in [1.29, 1.82) is 0 Å². The lowest BCUT2D eigenvalue weighted by atomic mass is 9.98. The topological polar surface area (TPSA) is 92.5 Å². The quantitative estimate of drug-likeness (QED) is 0.301. The molecule has 0 unspecified atom stereocenters. The van der Waals surface area contributed by atoms with Crippen molar-refractivity contribution < 1.29 is 13.9 Å². The van der Waals surface area contributed by atoms with Crippen molar-refractivity contribution in [1.82, 2.24) is 9.97 Å². The van der Waals surface area contributed by atoms with Gasteiger partial charge in [-0.15, -0.1) is 0 Å². The molecule has 38 heavy (non-hydrogen) atoms. The van der Waals surface area contributed by atoms with E-state index in [1.54, 1.807) is 6.33 Å². The van der Waals surface area contributed by atoms with Crippen LogP contribution in [0.25, 0.3) is 33.6 Å². The number of anilines is 3. The summed E-state index contributed by atoms with van der Waals surface area (Å²) in [6, 6.07) is 16.6. The highest BCUT2D eigenvalue weighted by molar-refractivity contribution is 6.08. The molecule has 8 nitrogen and oxygen atoms in total. The molecule has 0 bridgehead atoms. The molecule has 1 saturated carbocycles. The molecule has 2 N–H and O–H groups in total. The van der Waals surface area contributed by atoms with Gasteiger partial charge in [-0.05, 0) is 36.6 Å². The van der Waals surface area contributed by atoms with E-state index < -0.39 is 0 Å². The van der Waals surface area contributed by atoms with Gasteiger partial charge in [0.1, 0.15) is 17.9 Å². The highest BCUT2D eigenvalue weighted by atomic mass is 16.5. The minimum absolute atomic E-state index is 0.260. The summed E-state index contributed by atoms with van der Waals surface area (Å²) in [5, 5.41) is 7.53. The zero-order valence-electron chi connectivity index (χ0n) is 21.3. The van der Waals surface area contributed by atoms with E-state index in [9.17, 15) is 4.79 Å². The van der Waals surface area contributed by atoms with Crippen LogP contribution in [-0.4, -0.2) is 48.2 Å². The van der Waals surface area contributed by atoms with Crippen molar-refractivity contribution in [3.8, 4) is 22.5 Å². The summed E-state index contributed by atoms with van der Waals surface area (Å²) < 4.78 is 12.0. The minimum atomic E-state index is -0.260. The number of benzene rings is 2. The van der Waals surface area contributed by atoms with Crippen LogP contribution in [0.5, 0.6) is 0 Å². The van der Waals surface area contributed by atoms with Gasteiger partial charge in [-0.25, -0.2) is 9.97 Å². The third-order valence-electron chi connectivity index (χ3n) is 7.30. The van der Waals surface area contributed by atoms with Gasteiger partial charge in [0.05, 0.1) is 30.0 Å². The Morgan fingerprint density at radius 1 is 1.03 bits per heavy atom. The zero-order chi connectivity index (χ0) is 25.9. The summed E-state index contributed by atoms with van der Waals surface area (Å²) in [6.07, 6.45) is 7.52. The van der Waals surface area contributed by atoms with Crippen LogP contribution in [0.2, 0.25) is 0 Å². The Kier molecular flexibility index (Phi) is 6.79. The van der Waals surface area contributed by atoms with E-state index in [0.717, 1.165) is 65.3 Å². The third-order valence-corrected chi connectivity index (χ3v) is 7.30. The van der Waals surface area contributed by atoms with Gasteiger partial charge in [-0.1, -0.05) is 55.8 Å². The molecule has 0 radical (unpaired) electrons. The molecule has 2 aliphatic rings. The normalized spacial score (nSPS) is 16.1. The lowest BCUT2D eigenvalue weighted by Crippen LogP contribution is -2.36. The van der Waals surface area contributed by atoms with E-state index in [4.69, 9.17) is 9.15 Å². The number of furan rings is 1. The Morgan fingerprint density at radius 3 is 2.58 bits per heavy atom. The van der Waals surface area contributed by atoms with E-state index in [1.807, 2.05) is 36.4 Å². The highest BCUT2D eigenvalue weighted by Crippen LogP contribution is 2.44. The molecule has 0 atom stereocenters. The smallest absolute Gasteiger partial charge is 0.247 e. The van der Waals surface area contributed by atoms with E-state index >= 15 is 0 Å². The molecule has 194 valence electrons. The molecule has 8 heteroatoms. The van der Waals surface area contributed by atoms with Crippen LogP contribution < -0.4 is 15.5 Å². The molecule has 1 aliphatic carbocycles. The number of rotatable bonds is 7. The molecule has 2 fully saturated rings. The number of hydrogen-bond acceptors (Lipinski definition) is 7. The Hall–Kier alpha value is -4.17. The van der Waals surface area contributed by atoms with Gasteiger partial charge in [-0.3, -0.25) is 4.79 Å². The molecule has 0 spiro atoms. The Labute approximate surface area is 221 Å². The molecule has 3 heterocycles. The maximum Gasteiger partial charge on any atom is 0.247 e. The fourth-order valence-electron chi connectivity index (χ4n) is 5.43. The fraction of sp³-hybridized carbons (Fsp3) is 0.300. The predicted octanol–water partition coefficient (Wildman–Crippen LogP) is 5.87. The second kappa shape index (κ2) is 10.7. The number of ether oxygens (including phenoxy) is 1. The fourth-order valence-corrected chi connectivity index (χ4v) is 5.43. The van der Waals surface area contributed by atoms with E-state index in [0.29, 0.717) is 30.7 Å². The van der Waals surface area contributed by atoms with Crippen LogP contribution in [-0.2, 0) is 9.53 Å². The molecule has 1 amide bonds. The van der Waals surface area contributed by atoms with Gasteiger partial charge in [0.15, 0.2) is 0 Å². The molecule has 2 aromatic carbocycles. The Bertz CT molecular complexity index is 1450. The van der Waals surface area contributed by atoms with Crippen LogP contribution in [0.3, 0.4) is 0 Å². The van der Waals surface area contributed by atoms with Crippen molar-refractivity contribution in [3.63, 3.8) is 0 Å². The van der Waals surface area contributed by atoms with Gasteiger partial charge in [0.25, 0.3) is 0 Å². The number of fused-ring (bicyclic) bond motifs is 1. The maximum absolute atomic E-state index is 12.4. The van der Waals surface area contributed by atoms with Crippen molar-refractivity contribution in [2.75, 3.05) is 41.8 Å². The molecular formula is C30H31N5O3. The Morgan fingerprint density at radius 2 is 1.82 bits per heavy atom. The molecule has 1 saturated heterocycles. The number of carbonyl (C=O) groups is 1. The minimum Gasteiger partial charge on any atom is -0.437 e. The third kappa shape index (κ3) is 4.75. The maximum atomic E-state index is 12.4. The van der Waals surface area contributed by atoms with Crippen molar-refractivity contribution in [3.05, 3.63) is 67.5 Å². The van der Waals surface area contributed by atoms with Gasteiger partial charge >= 0.3 is 0 Å². The van der Waals surface area contributed by atoms with E-state index in [2.05, 4.69) is 44.2 Å². The largest absolute Gasteiger partial charge is 0.437 e. The zero-order valence-corrected chi connectivity index (χ0v) is 21.3. The van der Waals surface area contributed by atoms with Crippen molar-refractivity contribution in [2.24, 2.45) is 0 Å². The average Bonchev–Trinajstić information content (AvgIpc) is 3.62. The summed E-state index contributed by atoms with van der Waals surface area (Å²) >= 11 is 0. The molecule has 1 aliphatic heterocycles. The average molecular weight is 510 g/mol. The summed E-state index contributed by atoms with van der Waals surface area (Å²) in [5.41, 5.74) is 4.94. The van der Waals surface area contributed by atoms with Gasteiger partial charge in [-0.2, -0.15) is 0 Å². The van der Waals surface area contributed by atoms with Crippen molar-refractivity contribution in [2.45, 2.75) is 31.7 Å². The number of amides is 1. The molecule has 6 rings (SSSR count).